The highest BCUT2D eigenvalue weighted by Crippen LogP contribution is 2.29. The molecule has 2 N–H and O–H groups in total. The number of benzene rings is 2. The van der Waals surface area contributed by atoms with Crippen LogP contribution >= 0.6 is 0 Å². The lowest BCUT2D eigenvalue weighted by Gasteiger charge is -2.14. The van der Waals surface area contributed by atoms with Gasteiger partial charge in [0.1, 0.15) is 0 Å². The summed E-state index contributed by atoms with van der Waals surface area (Å²) in [4.78, 5) is 10.9. The van der Waals surface area contributed by atoms with Crippen LogP contribution in [0.15, 0.2) is 48.5 Å². The Morgan fingerprint density at radius 1 is 1.04 bits per heavy atom. The highest BCUT2D eigenvalue weighted by Gasteiger charge is 2.16. The Morgan fingerprint density at radius 3 is 2.28 bits per heavy atom. The van der Waals surface area contributed by atoms with Crippen molar-refractivity contribution in [2.24, 2.45) is 0 Å². The summed E-state index contributed by atoms with van der Waals surface area (Å²) in [5.41, 5.74) is 6.38. The van der Waals surface area contributed by atoms with Crippen LogP contribution in [0.25, 0.3) is 16.8 Å². The Labute approximate surface area is 146 Å². The molecule has 0 unspecified atom stereocenters. The summed E-state index contributed by atoms with van der Waals surface area (Å²) in [6.07, 6.45) is -1.51. The third kappa shape index (κ3) is 3.32. The lowest BCUT2D eigenvalue weighted by molar-refractivity contribution is -0.146. The molecule has 5 nitrogen and oxygen atoms in total. The van der Waals surface area contributed by atoms with Gasteiger partial charge in [-0.15, -0.1) is 0 Å². The van der Waals surface area contributed by atoms with Gasteiger partial charge in [0.05, 0.1) is 11.4 Å². The van der Waals surface area contributed by atoms with Gasteiger partial charge in [-0.25, -0.2) is 9.48 Å². The van der Waals surface area contributed by atoms with Gasteiger partial charge in [-0.2, -0.15) is 5.10 Å². The fraction of sp³-hybridized carbons (Fsp3) is 0.200. The normalized spacial score (nSPS) is 12.2. The first-order valence-corrected chi connectivity index (χ1v) is 8.02. The van der Waals surface area contributed by atoms with E-state index in [1.165, 1.54) is 0 Å². The monoisotopic (exact) mass is 336 g/mol. The predicted molar refractivity (Wildman–Crippen MR) is 95.8 cm³/mol. The van der Waals surface area contributed by atoms with Crippen LogP contribution in [-0.2, 0) is 4.79 Å². The molecule has 2 aromatic carbocycles. The second kappa shape index (κ2) is 6.53. The summed E-state index contributed by atoms with van der Waals surface area (Å²) in [6, 6.07) is 15.1. The van der Waals surface area contributed by atoms with E-state index < -0.39 is 12.1 Å². The van der Waals surface area contributed by atoms with Crippen LogP contribution in [0.3, 0.4) is 0 Å². The van der Waals surface area contributed by atoms with E-state index in [9.17, 15) is 9.90 Å². The summed E-state index contributed by atoms with van der Waals surface area (Å²) in [7, 11) is 0. The molecule has 0 radical (unpaired) electrons. The van der Waals surface area contributed by atoms with Gasteiger partial charge in [0.25, 0.3) is 0 Å². The number of rotatable bonds is 4. The van der Waals surface area contributed by atoms with E-state index in [0.29, 0.717) is 5.56 Å². The largest absolute Gasteiger partial charge is 0.479 e. The molecule has 0 aliphatic rings. The summed E-state index contributed by atoms with van der Waals surface area (Å²) in [5.74, 6) is -1.26. The zero-order chi connectivity index (χ0) is 18.1. The smallest absolute Gasteiger partial charge is 0.337 e. The molecule has 0 saturated carbocycles. The standard InChI is InChI=1S/C20H20N2O3/c1-12-4-9-17(18(10-12)22-14(3)11-13(2)21-22)15-5-7-16(8-6-15)19(23)20(24)25/h4-11,19,23H,1-3H3,(H,24,25)/t19-/m0/s1. The van der Waals surface area contributed by atoms with Crippen LogP contribution in [0.1, 0.15) is 28.6 Å². The van der Waals surface area contributed by atoms with Crippen LogP contribution < -0.4 is 0 Å². The summed E-state index contributed by atoms with van der Waals surface area (Å²) < 4.78 is 1.91. The third-order valence-electron chi connectivity index (χ3n) is 4.16. The van der Waals surface area contributed by atoms with Crippen LogP contribution in [-0.4, -0.2) is 26.0 Å². The molecule has 3 rings (SSSR count). The van der Waals surface area contributed by atoms with Crippen molar-refractivity contribution in [1.82, 2.24) is 9.78 Å². The van der Waals surface area contributed by atoms with E-state index >= 15 is 0 Å². The van der Waals surface area contributed by atoms with Crippen LogP contribution in [0, 0.1) is 20.8 Å². The van der Waals surface area contributed by atoms with Crippen molar-refractivity contribution in [3.63, 3.8) is 0 Å². The second-order valence-corrected chi connectivity index (χ2v) is 6.22. The fourth-order valence-electron chi connectivity index (χ4n) is 2.92. The lowest BCUT2D eigenvalue weighted by Crippen LogP contribution is -2.10. The van der Waals surface area contributed by atoms with Crippen molar-refractivity contribution in [3.8, 4) is 16.8 Å². The van der Waals surface area contributed by atoms with Crippen molar-refractivity contribution in [2.75, 3.05) is 0 Å². The molecular formula is C20H20N2O3. The Bertz CT molecular complexity index is 927. The molecule has 0 saturated heterocycles. The number of hydrogen-bond donors (Lipinski definition) is 2. The minimum atomic E-state index is -1.51. The number of nitrogens with zero attached hydrogens (tertiary/aromatic N) is 2. The topological polar surface area (TPSA) is 75.3 Å². The van der Waals surface area contributed by atoms with Gasteiger partial charge in [0, 0.05) is 11.3 Å². The molecule has 1 aromatic heterocycles. The maximum Gasteiger partial charge on any atom is 0.337 e. The number of carboxylic acids is 1. The van der Waals surface area contributed by atoms with E-state index in [2.05, 4.69) is 11.2 Å². The average molecular weight is 336 g/mol. The molecule has 3 aromatic rings. The van der Waals surface area contributed by atoms with Crippen LogP contribution in [0.5, 0.6) is 0 Å². The van der Waals surface area contributed by atoms with Gasteiger partial charge in [-0.3, -0.25) is 0 Å². The first kappa shape index (κ1) is 16.9. The lowest BCUT2D eigenvalue weighted by atomic mass is 9.99. The zero-order valence-electron chi connectivity index (χ0n) is 14.4. The molecule has 0 aliphatic heterocycles. The zero-order valence-corrected chi connectivity index (χ0v) is 14.4. The summed E-state index contributed by atoms with van der Waals surface area (Å²) in [5, 5.41) is 23.1. The maximum atomic E-state index is 10.9. The van der Waals surface area contributed by atoms with E-state index in [1.807, 2.05) is 55.8 Å². The minimum Gasteiger partial charge on any atom is -0.479 e. The number of aromatic nitrogens is 2. The van der Waals surface area contributed by atoms with E-state index in [0.717, 1.165) is 33.8 Å². The van der Waals surface area contributed by atoms with Gasteiger partial charge in [0.15, 0.2) is 6.10 Å². The van der Waals surface area contributed by atoms with E-state index in [1.54, 1.807) is 12.1 Å². The van der Waals surface area contributed by atoms with Gasteiger partial charge in [-0.05, 0) is 49.6 Å². The molecule has 0 fully saturated rings. The van der Waals surface area contributed by atoms with E-state index in [4.69, 9.17) is 5.11 Å². The quantitative estimate of drug-likeness (QED) is 0.763. The van der Waals surface area contributed by atoms with Crippen molar-refractivity contribution >= 4 is 5.97 Å². The molecule has 1 atom stereocenters. The molecular weight excluding hydrogens is 316 g/mol. The third-order valence-corrected chi connectivity index (χ3v) is 4.16. The van der Waals surface area contributed by atoms with Crippen molar-refractivity contribution in [2.45, 2.75) is 26.9 Å². The Morgan fingerprint density at radius 2 is 1.72 bits per heavy atom. The van der Waals surface area contributed by atoms with Gasteiger partial charge in [-0.1, -0.05) is 36.4 Å². The number of aryl methyl sites for hydroxylation is 3. The average Bonchev–Trinajstić information content (AvgIpc) is 2.92. The number of carbonyl (C=O) groups is 1. The van der Waals surface area contributed by atoms with Crippen LogP contribution in [0.4, 0.5) is 0 Å². The predicted octanol–water partition coefficient (Wildman–Crippen LogP) is 3.58. The molecule has 25 heavy (non-hydrogen) atoms. The fourth-order valence-corrected chi connectivity index (χ4v) is 2.92. The number of aliphatic hydroxyl groups excluding tert-OH is 1. The molecule has 5 heteroatoms. The molecule has 1 heterocycles. The van der Waals surface area contributed by atoms with Gasteiger partial charge in [0.2, 0.25) is 0 Å². The SMILES string of the molecule is Cc1ccc(-c2ccc([C@H](O)C(=O)O)cc2)c(-n2nc(C)cc2C)c1. The van der Waals surface area contributed by atoms with Crippen LogP contribution in [0.2, 0.25) is 0 Å². The highest BCUT2D eigenvalue weighted by molar-refractivity contribution is 5.76. The molecule has 0 bridgehead atoms. The Hall–Kier alpha value is -2.92. The number of aliphatic hydroxyl groups is 1. The van der Waals surface area contributed by atoms with Crippen molar-refractivity contribution in [1.29, 1.82) is 0 Å². The van der Waals surface area contributed by atoms with Gasteiger partial charge < -0.3 is 10.2 Å². The Balaban J connectivity index is 2.09. The summed E-state index contributed by atoms with van der Waals surface area (Å²) >= 11 is 0. The van der Waals surface area contributed by atoms with Crippen molar-refractivity contribution < 1.29 is 15.0 Å². The maximum absolute atomic E-state index is 10.9. The Kier molecular flexibility index (Phi) is 4.42. The molecule has 128 valence electrons. The number of aliphatic carboxylic acids is 1. The molecule has 0 spiro atoms. The summed E-state index contributed by atoms with van der Waals surface area (Å²) in [6.45, 7) is 6.00. The number of carboxylic acid groups (broad SMARTS) is 1. The second-order valence-electron chi connectivity index (χ2n) is 6.22. The van der Waals surface area contributed by atoms with E-state index in [-0.39, 0.29) is 0 Å². The van der Waals surface area contributed by atoms with Gasteiger partial charge >= 0.3 is 5.97 Å². The highest BCUT2D eigenvalue weighted by atomic mass is 16.4. The number of hydrogen-bond acceptors (Lipinski definition) is 3. The molecule has 0 amide bonds. The minimum absolute atomic E-state index is 0.357. The molecule has 0 aliphatic carbocycles. The first-order valence-electron chi connectivity index (χ1n) is 8.02. The first-order chi connectivity index (χ1) is 11.9. The van der Waals surface area contributed by atoms with Crippen molar-refractivity contribution in [3.05, 3.63) is 71.0 Å².